The molecule has 0 aliphatic carbocycles. The minimum atomic E-state index is 0.671. The van der Waals surface area contributed by atoms with Crippen LogP contribution in [0, 0.1) is 0 Å². The number of piperidine rings is 1. The Balaban J connectivity index is 1.99. The van der Waals surface area contributed by atoms with Crippen molar-refractivity contribution in [3.8, 4) is 0 Å². The maximum absolute atomic E-state index is 4.58. The second-order valence-electron chi connectivity index (χ2n) is 4.43. The first-order chi connectivity index (χ1) is 7.83. The van der Waals surface area contributed by atoms with Gasteiger partial charge in [0.25, 0.3) is 0 Å². The van der Waals surface area contributed by atoms with E-state index in [4.69, 9.17) is 0 Å². The summed E-state index contributed by atoms with van der Waals surface area (Å²) in [5.74, 6) is 0.671. The van der Waals surface area contributed by atoms with Gasteiger partial charge in [-0.1, -0.05) is 6.92 Å². The molecule has 4 heteroatoms. The van der Waals surface area contributed by atoms with E-state index in [-0.39, 0.29) is 0 Å². The summed E-state index contributed by atoms with van der Waals surface area (Å²) in [5.41, 5.74) is 0. The Hall–Kier alpha value is -0.450. The molecule has 2 heterocycles. The fourth-order valence-corrected chi connectivity index (χ4v) is 3.37. The van der Waals surface area contributed by atoms with Crippen molar-refractivity contribution in [1.29, 1.82) is 0 Å². The molecule has 1 atom stereocenters. The maximum Gasteiger partial charge on any atom is 0.0971 e. The molecule has 0 aromatic carbocycles. The van der Waals surface area contributed by atoms with E-state index in [2.05, 4.69) is 22.1 Å². The van der Waals surface area contributed by atoms with E-state index in [0.717, 1.165) is 6.54 Å². The second-order valence-corrected chi connectivity index (χ2v) is 5.57. The van der Waals surface area contributed by atoms with Gasteiger partial charge in [-0.2, -0.15) is 0 Å². The highest BCUT2D eigenvalue weighted by Gasteiger charge is 2.22. The topological polar surface area (TPSA) is 28.2 Å². The van der Waals surface area contributed by atoms with E-state index in [1.54, 1.807) is 0 Å². The van der Waals surface area contributed by atoms with Gasteiger partial charge in [-0.15, -0.1) is 11.3 Å². The maximum atomic E-state index is 4.58. The van der Waals surface area contributed by atoms with E-state index in [1.165, 1.54) is 42.4 Å². The molecule has 1 saturated heterocycles. The summed E-state index contributed by atoms with van der Waals surface area (Å²) >= 11 is 1.88. The molecule has 1 fully saturated rings. The average molecular weight is 239 g/mol. The summed E-state index contributed by atoms with van der Waals surface area (Å²) in [6.45, 7) is 6.83. The largest absolute Gasteiger partial charge is 0.315 e. The van der Waals surface area contributed by atoms with Gasteiger partial charge in [0.15, 0.2) is 0 Å². The van der Waals surface area contributed by atoms with Crippen LogP contribution < -0.4 is 5.32 Å². The number of rotatable bonds is 4. The molecule has 2 rings (SSSR count). The first-order valence-corrected chi connectivity index (χ1v) is 6.96. The Labute approximate surface area is 102 Å². The van der Waals surface area contributed by atoms with E-state index in [9.17, 15) is 0 Å². The van der Waals surface area contributed by atoms with Gasteiger partial charge < -0.3 is 10.2 Å². The van der Waals surface area contributed by atoms with Gasteiger partial charge in [-0.3, -0.25) is 0 Å². The van der Waals surface area contributed by atoms with Crippen LogP contribution in [-0.4, -0.2) is 36.6 Å². The van der Waals surface area contributed by atoms with Crippen LogP contribution in [0.1, 0.15) is 35.6 Å². The van der Waals surface area contributed by atoms with E-state index in [1.807, 2.05) is 24.6 Å². The molecule has 1 aromatic rings. The molecule has 1 aromatic heterocycles. The highest BCUT2D eigenvalue weighted by molar-refractivity contribution is 7.11. The van der Waals surface area contributed by atoms with Crippen molar-refractivity contribution in [3.63, 3.8) is 0 Å². The minimum Gasteiger partial charge on any atom is -0.315 e. The third kappa shape index (κ3) is 2.81. The number of aromatic nitrogens is 1. The Bertz CT molecular complexity index is 324. The van der Waals surface area contributed by atoms with E-state index < -0.39 is 0 Å². The zero-order valence-corrected chi connectivity index (χ0v) is 11.0. The van der Waals surface area contributed by atoms with Crippen LogP contribution in [-0.2, 0) is 6.54 Å². The van der Waals surface area contributed by atoms with Crippen molar-refractivity contribution in [3.05, 3.63) is 16.1 Å². The lowest BCUT2D eigenvalue weighted by atomic mass is 9.99. The second kappa shape index (κ2) is 5.75. The van der Waals surface area contributed by atoms with Gasteiger partial charge in [0.2, 0.25) is 0 Å². The van der Waals surface area contributed by atoms with Crippen molar-refractivity contribution < 1.29 is 0 Å². The van der Waals surface area contributed by atoms with Crippen molar-refractivity contribution in [2.45, 2.75) is 32.2 Å². The standard InChI is InChI=1S/C12H21N3S/c1-3-15-6-4-5-10(9-15)12-14-8-11(16-12)7-13-2/h8,10,13H,3-7,9H2,1-2H3. The Morgan fingerprint density at radius 1 is 1.62 bits per heavy atom. The predicted molar refractivity (Wildman–Crippen MR) is 69.0 cm³/mol. The number of hydrogen-bond acceptors (Lipinski definition) is 4. The van der Waals surface area contributed by atoms with Crippen LogP contribution in [0.4, 0.5) is 0 Å². The number of likely N-dealkylation sites (tertiary alicyclic amines) is 1. The third-order valence-corrected chi connectivity index (χ3v) is 4.38. The fraction of sp³-hybridized carbons (Fsp3) is 0.750. The molecular formula is C12H21N3S. The number of likely N-dealkylation sites (N-methyl/N-ethyl adjacent to an activating group) is 1. The van der Waals surface area contributed by atoms with Crippen LogP contribution in [0.2, 0.25) is 0 Å². The molecule has 0 amide bonds. The van der Waals surface area contributed by atoms with E-state index >= 15 is 0 Å². The Kier molecular flexibility index (Phi) is 4.32. The van der Waals surface area contributed by atoms with Crippen molar-refractivity contribution in [2.24, 2.45) is 0 Å². The Morgan fingerprint density at radius 2 is 2.50 bits per heavy atom. The monoisotopic (exact) mass is 239 g/mol. The summed E-state index contributed by atoms with van der Waals surface area (Å²) in [7, 11) is 1.98. The summed E-state index contributed by atoms with van der Waals surface area (Å²) in [6, 6.07) is 0. The molecule has 90 valence electrons. The molecule has 1 N–H and O–H groups in total. The molecule has 1 unspecified atom stereocenters. The first kappa shape index (κ1) is 12.0. The quantitative estimate of drug-likeness (QED) is 0.872. The van der Waals surface area contributed by atoms with Crippen molar-refractivity contribution in [1.82, 2.24) is 15.2 Å². The minimum absolute atomic E-state index is 0.671. The smallest absolute Gasteiger partial charge is 0.0971 e. The first-order valence-electron chi connectivity index (χ1n) is 6.15. The van der Waals surface area contributed by atoms with Crippen molar-refractivity contribution >= 4 is 11.3 Å². The third-order valence-electron chi connectivity index (χ3n) is 3.22. The van der Waals surface area contributed by atoms with Gasteiger partial charge in [-0.05, 0) is 33.0 Å². The molecule has 3 nitrogen and oxygen atoms in total. The molecule has 16 heavy (non-hydrogen) atoms. The lowest BCUT2D eigenvalue weighted by molar-refractivity contribution is 0.218. The summed E-state index contributed by atoms with van der Waals surface area (Å²) < 4.78 is 0. The molecular weight excluding hydrogens is 218 g/mol. The molecule has 0 radical (unpaired) electrons. The van der Waals surface area contributed by atoms with Gasteiger partial charge >= 0.3 is 0 Å². The van der Waals surface area contributed by atoms with Crippen LogP contribution in [0.15, 0.2) is 6.20 Å². The lowest BCUT2D eigenvalue weighted by Gasteiger charge is -2.30. The zero-order chi connectivity index (χ0) is 11.4. The van der Waals surface area contributed by atoms with Crippen molar-refractivity contribution in [2.75, 3.05) is 26.7 Å². The molecule has 1 aliphatic heterocycles. The fourth-order valence-electron chi connectivity index (χ4n) is 2.31. The van der Waals surface area contributed by atoms with E-state index in [0.29, 0.717) is 5.92 Å². The summed E-state index contributed by atoms with van der Waals surface area (Å²) in [6.07, 6.45) is 4.66. The van der Waals surface area contributed by atoms with Gasteiger partial charge in [0.1, 0.15) is 0 Å². The van der Waals surface area contributed by atoms with Gasteiger partial charge in [-0.25, -0.2) is 4.98 Å². The molecule has 0 spiro atoms. The summed E-state index contributed by atoms with van der Waals surface area (Å²) in [4.78, 5) is 8.47. The van der Waals surface area contributed by atoms with Crippen LogP contribution in [0.3, 0.4) is 0 Å². The van der Waals surface area contributed by atoms with Gasteiger partial charge in [0.05, 0.1) is 5.01 Å². The number of thiazole rings is 1. The molecule has 0 bridgehead atoms. The average Bonchev–Trinajstić information content (AvgIpc) is 2.78. The number of nitrogens with one attached hydrogen (secondary N) is 1. The number of hydrogen-bond donors (Lipinski definition) is 1. The van der Waals surface area contributed by atoms with Crippen LogP contribution in [0.25, 0.3) is 0 Å². The van der Waals surface area contributed by atoms with Gasteiger partial charge in [0, 0.05) is 30.1 Å². The molecule has 1 aliphatic rings. The lowest BCUT2D eigenvalue weighted by Crippen LogP contribution is -2.33. The predicted octanol–water partition coefficient (Wildman–Crippen LogP) is 2.06. The summed E-state index contributed by atoms with van der Waals surface area (Å²) in [5, 5.41) is 4.52. The SMILES string of the molecule is CCN1CCCC(c2ncc(CNC)s2)C1. The highest BCUT2D eigenvalue weighted by Crippen LogP contribution is 2.29. The Morgan fingerprint density at radius 3 is 3.25 bits per heavy atom. The zero-order valence-electron chi connectivity index (χ0n) is 10.2. The normalized spacial score (nSPS) is 22.5. The van der Waals surface area contributed by atoms with Crippen LogP contribution >= 0.6 is 11.3 Å². The highest BCUT2D eigenvalue weighted by atomic mass is 32.1. The van der Waals surface area contributed by atoms with Crippen LogP contribution in [0.5, 0.6) is 0 Å². The number of nitrogens with zero attached hydrogens (tertiary/aromatic N) is 2. The molecule has 0 saturated carbocycles.